The van der Waals surface area contributed by atoms with Crippen LogP contribution in [0.1, 0.15) is 12.8 Å². The molecule has 0 radical (unpaired) electrons. The zero-order valence-electron chi connectivity index (χ0n) is 7.83. The first kappa shape index (κ1) is 10.6. The van der Waals surface area contributed by atoms with Gasteiger partial charge in [0.1, 0.15) is 6.61 Å². The first-order chi connectivity index (χ1) is 6.34. The fourth-order valence-electron chi connectivity index (χ4n) is 1.37. The Labute approximate surface area is 78.4 Å². The third-order valence-corrected chi connectivity index (χ3v) is 2.12. The second-order valence-electron chi connectivity index (χ2n) is 3.22. The molecule has 0 saturated carbocycles. The van der Waals surface area contributed by atoms with Gasteiger partial charge in [-0.15, -0.1) is 0 Å². The molecule has 1 aliphatic heterocycles. The van der Waals surface area contributed by atoms with Gasteiger partial charge in [-0.05, 0) is 12.8 Å². The number of hydrogen-bond acceptors (Lipinski definition) is 4. The minimum atomic E-state index is 0.0477. The molecular formula is C9H17NO3. The highest BCUT2D eigenvalue weighted by molar-refractivity contribution is 5.82. The summed E-state index contributed by atoms with van der Waals surface area (Å²) in [6.45, 7) is 2.46. The lowest BCUT2D eigenvalue weighted by Gasteiger charge is -2.20. The third-order valence-electron chi connectivity index (χ3n) is 2.12. The van der Waals surface area contributed by atoms with Crippen LogP contribution in [0.2, 0.25) is 0 Å². The summed E-state index contributed by atoms with van der Waals surface area (Å²) in [5.74, 6) is 0.194. The molecule has 0 aromatic heterocycles. The van der Waals surface area contributed by atoms with E-state index in [1.54, 1.807) is 0 Å². The Kier molecular flexibility index (Phi) is 4.97. The Morgan fingerprint density at radius 1 is 1.62 bits per heavy atom. The summed E-state index contributed by atoms with van der Waals surface area (Å²) in [7, 11) is 0. The van der Waals surface area contributed by atoms with Crippen LogP contribution >= 0.6 is 0 Å². The van der Waals surface area contributed by atoms with E-state index in [4.69, 9.17) is 15.2 Å². The molecule has 1 atom stereocenters. The van der Waals surface area contributed by atoms with Gasteiger partial charge in [-0.1, -0.05) is 0 Å². The number of carbonyl (C=O) groups is 1. The van der Waals surface area contributed by atoms with Gasteiger partial charge in [0.2, 0.25) is 0 Å². The lowest BCUT2D eigenvalue weighted by atomic mass is 9.98. The van der Waals surface area contributed by atoms with E-state index in [9.17, 15) is 4.79 Å². The molecule has 1 saturated heterocycles. The molecule has 0 spiro atoms. The fraction of sp³-hybridized carbons (Fsp3) is 0.889. The Morgan fingerprint density at radius 3 is 3.08 bits per heavy atom. The van der Waals surface area contributed by atoms with E-state index in [1.807, 2.05) is 0 Å². The van der Waals surface area contributed by atoms with E-state index in [0.29, 0.717) is 19.8 Å². The molecule has 0 aromatic rings. The van der Waals surface area contributed by atoms with Crippen molar-refractivity contribution in [2.75, 3.05) is 33.0 Å². The molecule has 0 bridgehead atoms. The van der Waals surface area contributed by atoms with Crippen molar-refractivity contribution < 1.29 is 14.3 Å². The molecule has 0 aliphatic carbocycles. The van der Waals surface area contributed by atoms with Gasteiger partial charge >= 0.3 is 0 Å². The SMILES string of the molecule is NCCOCC(=O)C1CCCOC1. The summed E-state index contributed by atoms with van der Waals surface area (Å²) in [5, 5.41) is 0. The lowest BCUT2D eigenvalue weighted by molar-refractivity contribution is -0.131. The number of carbonyl (C=O) groups excluding carboxylic acids is 1. The lowest BCUT2D eigenvalue weighted by Crippen LogP contribution is -2.28. The molecule has 1 heterocycles. The molecule has 0 aromatic carbocycles. The first-order valence-corrected chi connectivity index (χ1v) is 4.73. The van der Waals surface area contributed by atoms with E-state index in [-0.39, 0.29) is 18.3 Å². The van der Waals surface area contributed by atoms with Crippen LogP contribution in [-0.4, -0.2) is 38.8 Å². The molecule has 76 valence electrons. The molecule has 4 heteroatoms. The average molecular weight is 187 g/mol. The van der Waals surface area contributed by atoms with Crippen molar-refractivity contribution in [1.29, 1.82) is 0 Å². The van der Waals surface area contributed by atoms with Crippen LogP contribution in [0.25, 0.3) is 0 Å². The Balaban J connectivity index is 2.13. The topological polar surface area (TPSA) is 61.5 Å². The maximum Gasteiger partial charge on any atom is 0.163 e. The second kappa shape index (κ2) is 6.07. The predicted molar refractivity (Wildman–Crippen MR) is 48.4 cm³/mol. The van der Waals surface area contributed by atoms with Gasteiger partial charge in [0.25, 0.3) is 0 Å². The van der Waals surface area contributed by atoms with Crippen LogP contribution in [0.15, 0.2) is 0 Å². The maximum absolute atomic E-state index is 11.4. The van der Waals surface area contributed by atoms with E-state index in [0.717, 1.165) is 19.4 Å². The summed E-state index contributed by atoms with van der Waals surface area (Å²) in [4.78, 5) is 11.4. The Hall–Kier alpha value is -0.450. The Morgan fingerprint density at radius 2 is 2.46 bits per heavy atom. The standard InChI is InChI=1S/C9H17NO3/c10-3-5-13-7-9(11)8-2-1-4-12-6-8/h8H,1-7,10H2. The molecule has 0 amide bonds. The maximum atomic E-state index is 11.4. The van der Waals surface area contributed by atoms with Gasteiger partial charge in [-0.3, -0.25) is 4.79 Å². The van der Waals surface area contributed by atoms with Crippen LogP contribution in [-0.2, 0) is 14.3 Å². The Bertz CT molecular complexity index is 155. The van der Waals surface area contributed by atoms with E-state index >= 15 is 0 Å². The average Bonchev–Trinajstić information content (AvgIpc) is 2.19. The molecule has 1 unspecified atom stereocenters. The largest absolute Gasteiger partial charge is 0.381 e. The molecule has 1 rings (SSSR count). The number of nitrogens with two attached hydrogens (primary N) is 1. The van der Waals surface area contributed by atoms with Crippen molar-refractivity contribution in [2.45, 2.75) is 12.8 Å². The first-order valence-electron chi connectivity index (χ1n) is 4.73. The highest BCUT2D eigenvalue weighted by Gasteiger charge is 2.21. The van der Waals surface area contributed by atoms with Gasteiger partial charge in [0, 0.05) is 19.1 Å². The summed E-state index contributed by atoms with van der Waals surface area (Å²) >= 11 is 0. The smallest absolute Gasteiger partial charge is 0.163 e. The molecule has 1 fully saturated rings. The number of ketones is 1. The number of rotatable bonds is 5. The third kappa shape index (κ3) is 3.85. The van der Waals surface area contributed by atoms with E-state index in [1.165, 1.54) is 0 Å². The normalized spacial score (nSPS) is 23.0. The zero-order valence-corrected chi connectivity index (χ0v) is 7.83. The van der Waals surface area contributed by atoms with Crippen LogP contribution in [0.3, 0.4) is 0 Å². The van der Waals surface area contributed by atoms with E-state index < -0.39 is 0 Å². The minimum Gasteiger partial charge on any atom is -0.381 e. The number of ether oxygens (including phenoxy) is 2. The van der Waals surface area contributed by atoms with Gasteiger partial charge in [-0.25, -0.2) is 0 Å². The van der Waals surface area contributed by atoms with Crippen LogP contribution in [0.5, 0.6) is 0 Å². The minimum absolute atomic E-state index is 0.0477. The zero-order chi connectivity index (χ0) is 9.52. The molecular weight excluding hydrogens is 170 g/mol. The molecule has 4 nitrogen and oxygen atoms in total. The van der Waals surface area contributed by atoms with Crippen molar-refractivity contribution in [3.8, 4) is 0 Å². The van der Waals surface area contributed by atoms with E-state index in [2.05, 4.69) is 0 Å². The molecule has 13 heavy (non-hydrogen) atoms. The number of Topliss-reactive ketones (excluding diaryl/α,β-unsaturated/α-hetero) is 1. The van der Waals surface area contributed by atoms with Crippen LogP contribution in [0, 0.1) is 5.92 Å². The van der Waals surface area contributed by atoms with Crippen molar-refractivity contribution in [1.82, 2.24) is 0 Å². The van der Waals surface area contributed by atoms with Crippen molar-refractivity contribution >= 4 is 5.78 Å². The summed E-state index contributed by atoms with van der Waals surface area (Å²) in [5.41, 5.74) is 5.23. The van der Waals surface area contributed by atoms with Crippen molar-refractivity contribution in [2.24, 2.45) is 11.7 Å². The second-order valence-corrected chi connectivity index (χ2v) is 3.22. The summed E-state index contributed by atoms with van der Waals surface area (Å²) in [6, 6.07) is 0. The highest BCUT2D eigenvalue weighted by atomic mass is 16.5. The van der Waals surface area contributed by atoms with Crippen LogP contribution in [0.4, 0.5) is 0 Å². The fourth-order valence-corrected chi connectivity index (χ4v) is 1.37. The van der Waals surface area contributed by atoms with Crippen molar-refractivity contribution in [3.63, 3.8) is 0 Å². The number of hydrogen-bond donors (Lipinski definition) is 1. The molecule has 1 aliphatic rings. The van der Waals surface area contributed by atoms with Gasteiger partial charge in [0.05, 0.1) is 13.2 Å². The van der Waals surface area contributed by atoms with Gasteiger partial charge in [-0.2, -0.15) is 0 Å². The predicted octanol–water partition coefficient (Wildman–Crippen LogP) is -0.0426. The van der Waals surface area contributed by atoms with Gasteiger partial charge in [0.15, 0.2) is 5.78 Å². The highest BCUT2D eigenvalue weighted by Crippen LogP contribution is 2.14. The van der Waals surface area contributed by atoms with Crippen molar-refractivity contribution in [3.05, 3.63) is 0 Å². The summed E-state index contributed by atoms with van der Waals surface area (Å²) < 4.78 is 10.3. The molecule has 2 N–H and O–H groups in total. The quantitative estimate of drug-likeness (QED) is 0.613. The van der Waals surface area contributed by atoms with Gasteiger partial charge < -0.3 is 15.2 Å². The monoisotopic (exact) mass is 187 g/mol. The van der Waals surface area contributed by atoms with Crippen LogP contribution < -0.4 is 5.73 Å². The summed E-state index contributed by atoms with van der Waals surface area (Å²) in [6.07, 6.45) is 1.91.